The highest BCUT2D eigenvalue weighted by Crippen LogP contribution is 2.26. The fraction of sp³-hybridized carbons (Fsp3) is 0.526. The van der Waals surface area contributed by atoms with Gasteiger partial charge in [0.1, 0.15) is 11.8 Å². The summed E-state index contributed by atoms with van der Waals surface area (Å²) in [6.07, 6.45) is 1.25. The highest BCUT2D eigenvalue weighted by atomic mass is 16.5. The number of hydrogen-bond acceptors (Lipinski definition) is 4. The Morgan fingerprint density at radius 2 is 2.04 bits per heavy atom. The molecule has 2 saturated heterocycles. The third kappa shape index (κ3) is 3.20. The van der Waals surface area contributed by atoms with Crippen molar-refractivity contribution in [2.24, 2.45) is 0 Å². The lowest BCUT2D eigenvalue weighted by Gasteiger charge is -2.33. The maximum Gasteiger partial charge on any atom is 0.317 e. The third-order valence-corrected chi connectivity index (χ3v) is 5.70. The van der Waals surface area contributed by atoms with Crippen LogP contribution in [0.1, 0.15) is 17.5 Å². The van der Waals surface area contributed by atoms with Crippen molar-refractivity contribution in [1.82, 2.24) is 20.0 Å². The summed E-state index contributed by atoms with van der Waals surface area (Å²) < 4.78 is 5.26. The van der Waals surface area contributed by atoms with Gasteiger partial charge in [-0.1, -0.05) is 6.07 Å². The highest BCUT2D eigenvalue weighted by molar-refractivity contribution is 5.95. The molecule has 0 bridgehead atoms. The van der Waals surface area contributed by atoms with Crippen LogP contribution < -0.4 is 10.1 Å². The topological polar surface area (TPSA) is 82.2 Å². The molecule has 0 aromatic heterocycles. The van der Waals surface area contributed by atoms with E-state index in [0.717, 1.165) is 17.7 Å². The minimum absolute atomic E-state index is 0.0489. The lowest BCUT2D eigenvalue weighted by molar-refractivity contribution is -0.152. The minimum atomic E-state index is -0.448. The van der Waals surface area contributed by atoms with Crippen molar-refractivity contribution in [2.45, 2.75) is 31.5 Å². The van der Waals surface area contributed by atoms with Gasteiger partial charge in [-0.25, -0.2) is 4.79 Å². The Balaban J connectivity index is 1.39. The number of carbonyl (C=O) groups excluding carboxylic acids is 3. The molecule has 0 radical (unpaired) electrons. The van der Waals surface area contributed by atoms with E-state index in [1.165, 1.54) is 10.5 Å². The molecule has 27 heavy (non-hydrogen) atoms. The summed E-state index contributed by atoms with van der Waals surface area (Å²) in [6.45, 7) is 1.69. The quantitative estimate of drug-likeness (QED) is 0.804. The molecule has 8 heteroatoms. The second kappa shape index (κ2) is 6.75. The lowest BCUT2D eigenvalue weighted by Crippen LogP contribution is -2.56. The number of likely N-dealkylation sites (N-methyl/N-ethyl adjacent to an activating group) is 1. The van der Waals surface area contributed by atoms with Crippen molar-refractivity contribution in [3.63, 3.8) is 0 Å². The maximum absolute atomic E-state index is 12.7. The average Bonchev–Trinajstić information content (AvgIpc) is 3.09. The van der Waals surface area contributed by atoms with Crippen LogP contribution in [0.2, 0.25) is 0 Å². The number of hydrogen-bond donors (Lipinski definition) is 1. The minimum Gasteiger partial charge on any atom is -0.497 e. The van der Waals surface area contributed by atoms with Crippen LogP contribution in [0.3, 0.4) is 0 Å². The van der Waals surface area contributed by atoms with Gasteiger partial charge in [0, 0.05) is 26.7 Å². The highest BCUT2D eigenvalue weighted by Gasteiger charge is 2.45. The van der Waals surface area contributed by atoms with E-state index in [9.17, 15) is 14.4 Å². The molecule has 3 aliphatic rings. The largest absolute Gasteiger partial charge is 0.497 e. The van der Waals surface area contributed by atoms with Gasteiger partial charge in [0.2, 0.25) is 11.8 Å². The number of nitrogens with one attached hydrogen (secondary N) is 1. The van der Waals surface area contributed by atoms with Crippen LogP contribution in [0.4, 0.5) is 4.79 Å². The molecular formula is C19H24N4O4. The van der Waals surface area contributed by atoms with Gasteiger partial charge in [-0.2, -0.15) is 0 Å². The van der Waals surface area contributed by atoms with Crippen molar-refractivity contribution < 1.29 is 19.1 Å². The van der Waals surface area contributed by atoms with Gasteiger partial charge in [0.05, 0.1) is 19.7 Å². The van der Waals surface area contributed by atoms with Crippen LogP contribution in [-0.2, 0) is 22.6 Å². The zero-order valence-electron chi connectivity index (χ0n) is 15.6. The molecule has 3 aliphatic heterocycles. The second-order valence-corrected chi connectivity index (χ2v) is 7.44. The van der Waals surface area contributed by atoms with E-state index in [-0.39, 0.29) is 30.4 Å². The van der Waals surface area contributed by atoms with Crippen LogP contribution in [0.15, 0.2) is 18.2 Å². The first-order valence-electron chi connectivity index (χ1n) is 9.22. The lowest BCUT2D eigenvalue weighted by atomic mass is 9.99. The monoisotopic (exact) mass is 372 g/mol. The van der Waals surface area contributed by atoms with Crippen LogP contribution in [0.25, 0.3) is 0 Å². The Labute approximate surface area is 158 Å². The molecule has 3 heterocycles. The third-order valence-electron chi connectivity index (χ3n) is 5.70. The molecule has 0 saturated carbocycles. The normalized spacial score (nSPS) is 24.6. The number of fused-ring (bicyclic) bond motifs is 2. The summed E-state index contributed by atoms with van der Waals surface area (Å²) in [6, 6.07) is 5.14. The SMILES string of the molecule is COc1ccc2c(c1)CCN(C(=O)N[C@@H]1C[C@H]3C(=O)N(C)CC(=O)N3C1)C2. The van der Waals surface area contributed by atoms with E-state index in [0.29, 0.717) is 26.1 Å². The Morgan fingerprint density at radius 3 is 2.81 bits per heavy atom. The summed E-state index contributed by atoms with van der Waals surface area (Å²) in [4.78, 5) is 42.0. The predicted molar refractivity (Wildman–Crippen MR) is 97.2 cm³/mol. The molecular weight excluding hydrogens is 348 g/mol. The Bertz CT molecular complexity index is 796. The number of carbonyl (C=O) groups is 3. The van der Waals surface area contributed by atoms with Crippen molar-refractivity contribution in [3.05, 3.63) is 29.3 Å². The molecule has 144 valence electrons. The van der Waals surface area contributed by atoms with Crippen molar-refractivity contribution in [3.8, 4) is 5.75 Å². The zero-order valence-corrected chi connectivity index (χ0v) is 15.6. The van der Waals surface area contributed by atoms with Crippen molar-refractivity contribution in [1.29, 1.82) is 0 Å². The Kier molecular flexibility index (Phi) is 4.41. The predicted octanol–water partition coefficient (Wildman–Crippen LogP) is 0.204. The van der Waals surface area contributed by atoms with Crippen LogP contribution in [0.5, 0.6) is 5.75 Å². The van der Waals surface area contributed by atoms with E-state index in [1.54, 1.807) is 24.0 Å². The number of benzene rings is 1. The van der Waals surface area contributed by atoms with Gasteiger partial charge in [-0.05, 0) is 36.1 Å². The first kappa shape index (κ1) is 17.6. The first-order chi connectivity index (χ1) is 13.0. The molecule has 0 aliphatic carbocycles. The number of ether oxygens (including phenoxy) is 1. The fourth-order valence-corrected chi connectivity index (χ4v) is 4.17. The first-order valence-corrected chi connectivity index (χ1v) is 9.22. The molecule has 8 nitrogen and oxygen atoms in total. The second-order valence-electron chi connectivity index (χ2n) is 7.44. The zero-order chi connectivity index (χ0) is 19.1. The van der Waals surface area contributed by atoms with Crippen LogP contribution in [-0.4, -0.2) is 78.4 Å². The van der Waals surface area contributed by atoms with E-state index in [1.807, 2.05) is 18.2 Å². The Morgan fingerprint density at radius 1 is 1.22 bits per heavy atom. The summed E-state index contributed by atoms with van der Waals surface area (Å²) in [5.74, 6) is 0.723. The molecule has 2 fully saturated rings. The van der Waals surface area contributed by atoms with E-state index >= 15 is 0 Å². The molecule has 2 atom stereocenters. The summed E-state index contributed by atoms with van der Waals surface area (Å²) in [5.41, 5.74) is 2.32. The van der Waals surface area contributed by atoms with Gasteiger partial charge < -0.3 is 24.8 Å². The number of piperazine rings is 1. The van der Waals surface area contributed by atoms with Gasteiger partial charge >= 0.3 is 6.03 Å². The number of rotatable bonds is 2. The number of methoxy groups -OCH3 is 1. The van der Waals surface area contributed by atoms with Gasteiger partial charge in [0.25, 0.3) is 0 Å². The molecule has 1 N–H and O–H groups in total. The van der Waals surface area contributed by atoms with Gasteiger partial charge in [-0.3, -0.25) is 9.59 Å². The number of nitrogens with zero attached hydrogens (tertiary/aromatic N) is 3. The molecule has 0 unspecified atom stereocenters. The van der Waals surface area contributed by atoms with E-state index in [2.05, 4.69) is 5.32 Å². The van der Waals surface area contributed by atoms with E-state index in [4.69, 9.17) is 4.74 Å². The van der Waals surface area contributed by atoms with Crippen LogP contribution in [0, 0.1) is 0 Å². The average molecular weight is 372 g/mol. The maximum atomic E-state index is 12.7. The van der Waals surface area contributed by atoms with Crippen molar-refractivity contribution in [2.75, 3.05) is 33.8 Å². The van der Waals surface area contributed by atoms with Crippen LogP contribution >= 0.6 is 0 Å². The Hall–Kier alpha value is -2.77. The van der Waals surface area contributed by atoms with Gasteiger partial charge in [-0.15, -0.1) is 0 Å². The smallest absolute Gasteiger partial charge is 0.317 e. The number of amides is 4. The van der Waals surface area contributed by atoms with Crippen molar-refractivity contribution >= 4 is 17.8 Å². The number of urea groups is 1. The molecule has 4 amide bonds. The summed E-state index contributed by atoms with van der Waals surface area (Å²) >= 11 is 0. The molecule has 4 rings (SSSR count). The summed E-state index contributed by atoms with van der Waals surface area (Å²) in [5, 5.41) is 3.01. The molecule has 1 aromatic rings. The van der Waals surface area contributed by atoms with E-state index < -0.39 is 6.04 Å². The standard InChI is InChI=1S/C19H24N4O4/c1-21-11-17(24)23-10-14(8-16(23)18(21)25)20-19(26)22-6-5-12-7-15(27-2)4-3-13(12)9-22/h3-4,7,14,16H,5-6,8-11H2,1-2H3,(H,20,26)/t14-,16+/m1/s1. The molecule has 0 spiro atoms. The fourth-order valence-electron chi connectivity index (χ4n) is 4.17. The summed E-state index contributed by atoms with van der Waals surface area (Å²) in [7, 11) is 3.29. The molecule has 1 aromatic carbocycles. The van der Waals surface area contributed by atoms with Gasteiger partial charge in [0.15, 0.2) is 0 Å².